The summed E-state index contributed by atoms with van der Waals surface area (Å²) in [5, 5.41) is 5.46. The van der Waals surface area contributed by atoms with Crippen molar-refractivity contribution in [1.29, 1.82) is 0 Å². The smallest absolute Gasteiger partial charge is 0.338 e. The molecule has 0 aromatic heterocycles. The molecule has 136 valence electrons. The first-order valence-corrected chi connectivity index (χ1v) is 8.65. The van der Waals surface area contributed by atoms with Crippen LogP contribution < -0.4 is 20.1 Å². The van der Waals surface area contributed by atoms with Crippen LogP contribution in [0.15, 0.2) is 27.9 Å². The average molecular weight is 413 g/mol. The highest BCUT2D eigenvalue weighted by Crippen LogP contribution is 2.42. The van der Waals surface area contributed by atoms with Crippen molar-refractivity contribution in [2.45, 2.75) is 26.3 Å². The molecule has 1 aromatic rings. The van der Waals surface area contributed by atoms with E-state index in [0.717, 1.165) is 0 Å². The van der Waals surface area contributed by atoms with Crippen LogP contribution in [0.2, 0.25) is 0 Å². The van der Waals surface area contributed by atoms with Crippen molar-refractivity contribution in [2.24, 2.45) is 0 Å². The van der Waals surface area contributed by atoms with Gasteiger partial charge in [0.1, 0.15) is 0 Å². The van der Waals surface area contributed by atoms with Gasteiger partial charge in [0.25, 0.3) is 0 Å². The predicted octanol–water partition coefficient (Wildman–Crippen LogP) is 3.05. The maximum atomic E-state index is 12.5. The molecule has 7 nitrogen and oxygen atoms in total. The number of methoxy groups -OCH3 is 2. The third-order valence-electron chi connectivity index (χ3n) is 3.83. The van der Waals surface area contributed by atoms with E-state index in [-0.39, 0.29) is 12.6 Å². The van der Waals surface area contributed by atoms with Crippen LogP contribution in [0.1, 0.15) is 31.9 Å². The van der Waals surface area contributed by atoms with Crippen LogP contribution >= 0.6 is 15.9 Å². The predicted molar refractivity (Wildman–Crippen MR) is 95.6 cm³/mol. The molecular weight excluding hydrogens is 392 g/mol. The summed E-state index contributed by atoms with van der Waals surface area (Å²) in [5.41, 5.74) is 1.58. The van der Waals surface area contributed by atoms with Crippen LogP contribution in [-0.2, 0) is 9.53 Å². The number of rotatable bonds is 6. The van der Waals surface area contributed by atoms with Crippen LogP contribution in [0.3, 0.4) is 0 Å². The maximum absolute atomic E-state index is 12.5. The highest BCUT2D eigenvalue weighted by atomic mass is 79.9. The average Bonchev–Trinajstić information content (AvgIpc) is 2.60. The Morgan fingerprint density at radius 3 is 2.52 bits per heavy atom. The van der Waals surface area contributed by atoms with Crippen LogP contribution in [0.25, 0.3) is 0 Å². The molecule has 0 radical (unpaired) electrons. The van der Waals surface area contributed by atoms with Crippen molar-refractivity contribution in [2.75, 3.05) is 20.8 Å². The number of esters is 1. The number of amides is 2. The highest BCUT2D eigenvalue weighted by molar-refractivity contribution is 9.10. The number of benzene rings is 1. The van der Waals surface area contributed by atoms with Crippen molar-refractivity contribution in [1.82, 2.24) is 10.6 Å². The van der Waals surface area contributed by atoms with E-state index in [1.165, 1.54) is 14.2 Å². The van der Waals surface area contributed by atoms with Gasteiger partial charge in [0.05, 0.1) is 36.9 Å². The fourth-order valence-corrected chi connectivity index (χ4v) is 3.43. The molecular formula is C17H21BrN2O5. The molecule has 0 bridgehead atoms. The van der Waals surface area contributed by atoms with Crippen molar-refractivity contribution >= 4 is 27.9 Å². The van der Waals surface area contributed by atoms with Crippen molar-refractivity contribution in [3.05, 3.63) is 33.4 Å². The molecule has 25 heavy (non-hydrogen) atoms. The van der Waals surface area contributed by atoms with E-state index >= 15 is 0 Å². The number of hydrogen-bond donors (Lipinski definition) is 2. The summed E-state index contributed by atoms with van der Waals surface area (Å²) in [5.74, 6) is 0.545. The van der Waals surface area contributed by atoms with E-state index < -0.39 is 12.0 Å². The Kier molecular flexibility index (Phi) is 6.30. The molecule has 2 amide bonds. The lowest BCUT2D eigenvalue weighted by atomic mass is 9.94. The number of allylic oxidation sites excluding steroid dienone is 1. The monoisotopic (exact) mass is 412 g/mol. The van der Waals surface area contributed by atoms with E-state index in [1.807, 2.05) is 6.92 Å². The van der Waals surface area contributed by atoms with Gasteiger partial charge in [-0.2, -0.15) is 0 Å². The molecule has 2 N–H and O–H groups in total. The summed E-state index contributed by atoms with van der Waals surface area (Å²) in [4.78, 5) is 24.6. The Balaban J connectivity index is 2.61. The van der Waals surface area contributed by atoms with Gasteiger partial charge in [-0.25, -0.2) is 9.59 Å². The zero-order chi connectivity index (χ0) is 18.6. The Morgan fingerprint density at radius 1 is 1.24 bits per heavy atom. The van der Waals surface area contributed by atoms with E-state index in [1.54, 1.807) is 19.1 Å². The van der Waals surface area contributed by atoms with Crippen LogP contribution in [0.5, 0.6) is 11.5 Å². The first-order valence-electron chi connectivity index (χ1n) is 7.86. The Hall–Kier alpha value is -2.22. The summed E-state index contributed by atoms with van der Waals surface area (Å²) in [6.07, 6.45) is 0.489. The van der Waals surface area contributed by atoms with Gasteiger partial charge in [-0.1, -0.05) is 13.0 Å². The van der Waals surface area contributed by atoms with Gasteiger partial charge in [-0.15, -0.1) is 0 Å². The lowest BCUT2D eigenvalue weighted by Gasteiger charge is -2.30. The number of carbonyl (C=O) groups is 2. The quantitative estimate of drug-likeness (QED) is 0.701. The third kappa shape index (κ3) is 3.73. The van der Waals surface area contributed by atoms with Gasteiger partial charge in [-0.05, 0) is 40.9 Å². The number of carbonyl (C=O) groups excluding carboxylic acids is 2. The molecule has 0 saturated heterocycles. The zero-order valence-electron chi connectivity index (χ0n) is 14.6. The molecule has 8 heteroatoms. The molecule has 1 atom stereocenters. The molecule has 1 aliphatic rings. The van der Waals surface area contributed by atoms with Crippen molar-refractivity contribution in [3.8, 4) is 11.5 Å². The van der Waals surface area contributed by atoms with Crippen LogP contribution in [0.4, 0.5) is 4.79 Å². The summed E-state index contributed by atoms with van der Waals surface area (Å²) in [6, 6.07) is 2.45. The van der Waals surface area contributed by atoms with Crippen LogP contribution in [-0.4, -0.2) is 32.8 Å². The number of urea groups is 1. The summed E-state index contributed by atoms with van der Waals surface area (Å²) in [6.45, 7) is 3.84. The molecule has 0 aliphatic carbocycles. The molecule has 0 spiro atoms. The van der Waals surface area contributed by atoms with Gasteiger partial charge in [-0.3, -0.25) is 0 Å². The first kappa shape index (κ1) is 19.1. The van der Waals surface area contributed by atoms with Gasteiger partial charge in [0, 0.05) is 5.70 Å². The van der Waals surface area contributed by atoms with Gasteiger partial charge >= 0.3 is 12.0 Å². The Morgan fingerprint density at radius 2 is 1.96 bits per heavy atom. The standard InChI is InChI=1S/C17H21BrN2O5/c1-5-10-12(16(21)25-6-2)14(20-17(22)19-10)9-7-8-11(23-3)15(24-4)13(9)18/h7-8,14H,5-6H2,1-4H3,(H2,19,20,22). The van der Waals surface area contributed by atoms with Gasteiger partial charge in [0.15, 0.2) is 11.5 Å². The third-order valence-corrected chi connectivity index (χ3v) is 4.65. The van der Waals surface area contributed by atoms with E-state index in [2.05, 4.69) is 26.6 Å². The minimum absolute atomic E-state index is 0.243. The fraction of sp³-hybridized carbons (Fsp3) is 0.412. The highest BCUT2D eigenvalue weighted by Gasteiger charge is 2.35. The summed E-state index contributed by atoms with van der Waals surface area (Å²) in [7, 11) is 3.06. The van der Waals surface area contributed by atoms with Crippen LogP contribution in [0, 0.1) is 0 Å². The number of hydrogen-bond acceptors (Lipinski definition) is 5. The molecule has 0 fully saturated rings. The second kappa shape index (κ2) is 8.24. The van der Waals surface area contributed by atoms with E-state index in [4.69, 9.17) is 14.2 Å². The Labute approximate surface area is 154 Å². The SMILES string of the molecule is CCOC(=O)C1=C(CC)NC(=O)NC1c1ccc(OC)c(OC)c1Br. The lowest BCUT2D eigenvalue weighted by molar-refractivity contribution is -0.139. The number of halogens is 1. The summed E-state index contributed by atoms with van der Waals surface area (Å²) >= 11 is 3.49. The van der Waals surface area contributed by atoms with Crippen molar-refractivity contribution in [3.63, 3.8) is 0 Å². The molecule has 1 aromatic carbocycles. The molecule has 1 unspecified atom stereocenters. The molecule has 2 rings (SSSR count). The second-order valence-electron chi connectivity index (χ2n) is 5.20. The van der Waals surface area contributed by atoms with Crippen molar-refractivity contribution < 1.29 is 23.8 Å². The first-order chi connectivity index (χ1) is 12.0. The largest absolute Gasteiger partial charge is 0.493 e. The molecule has 1 aliphatic heterocycles. The second-order valence-corrected chi connectivity index (χ2v) is 6.00. The minimum atomic E-state index is -0.670. The minimum Gasteiger partial charge on any atom is -0.493 e. The van der Waals surface area contributed by atoms with Gasteiger partial charge in [0.2, 0.25) is 0 Å². The normalized spacial score (nSPS) is 16.8. The van der Waals surface area contributed by atoms with Gasteiger partial charge < -0.3 is 24.8 Å². The van der Waals surface area contributed by atoms with E-state index in [0.29, 0.717) is 39.2 Å². The Bertz CT molecular complexity index is 717. The summed E-state index contributed by atoms with van der Waals surface area (Å²) < 4.78 is 16.4. The topological polar surface area (TPSA) is 85.9 Å². The fourth-order valence-electron chi connectivity index (χ4n) is 2.71. The number of nitrogens with one attached hydrogen (secondary N) is 2. The number of ether oxygens (including phenoxy) is 3. The van der Waals surface area contributed by atoms with E-state index in [9.17, 15) is 9.59 Å². The lowest BCUT2D eigenvalue weighted by Crippen LogP contribution is -2.46. The molecule has 0 saturated carbocycles. The molecule has 1 heterocycles. The zero-order valence-corrected chi connectivity index (χ0v) is 16.2. The maximum Gasteiger partial charge on any atom is 0.338 e.